The normalized spacial score (nSPS) is 33.1. The third kappa shape index (κ3) is 2.54. The Morgan fingerprint density at radius 2 is 2.26 bits per heavy atom. The van der Waals surface area contributed by atoms with Crippen LogP contribution >= 0.6 is 11.8 Å². The second-order valence-electron chi connectivity index (χ2n) is 6.17. The van der Waals surface area contributed by atoms with Crippen LogP contribution in [-0.4, -0.2) is 5.25 Å². The van der Waals surface area contributed by atoms with E-state index < -0.39 is 0 Å². The molecule has 19 heavy (non-hydrogen) atoms. The van der Waals surface area contributed by atoms with Gasteiger partial charge in [0.25, 0.3) is 0 Å². The lowest BCUT2D eigenvalue weighted by atomic mass is 9.81. The minimum Gasteiger partial charge on any atom is -0.198 e. The maximum Gasteiger partial charge on any atom is 0.0690 e. The van der Waals surface area contributed by atoms with E-state index in [0.29, 0.717) is 5.25 Å². The summed E-state index contributed by atoms with van der Waals surface area (Å²) < 4.78 is 0. The van der Waals surface area contributed by atoms with Gasteiger partial charge in [0.1, 0.15) is 0 Å². The standard InChI is InChI=1S/C17H21NS/c1-2-13-7-8-17(10-13,12-18)11-15-9-14-5-3-4-6-16(14)19-15/h3-6,13,15H,2,7-11H2,1H3. The van der Waals surface area contributed by atoms with Gasteiger partial charge < -0.3 is 0 Å². The third-order valence-corrected chi connectivity index (χ3v) is 6.18. The molecule has 2 aliphatic rings. The molecule has 1 aromatic rings. The quantitative estimate of drug-likeness (QED) is 0.787. The van der Waals surface area contributed by atoms with Crippen LogP contribution in [0.3, 0.4) is 0 Å². The molecule has 0 amide bonds. The van der Waals surface area contributed by atoms with Crippen molar-refractivity contribution in [3.8, 4) is 6.07 Å². The molecule has 100 valence electrons. The molecule has 3 rings (SSSR count). The summed E-state index contributed by atoms with van der Waals surface area (Å²) in [5.41, 5.74) is 1.45. The second-order valence-corrected chi connectivity index (χ2v) is 7.51. The van der Waals surface area contributed by atoms with Crippen molar-refractivity contribution in [2.24, 2.45) is 11.3 Å². The SMILES string of the molecule is CCC1CCC(C#N)(CC2Cc3ccccc3S2)C1. The van der Waals surface area contributed by atoms with E-state index in [9.17, 15) is 5.26 Å². The molecule has 3 atom stereocenters. The highest BCUT2D eigenvalue weighted by Crippen LogP contribution is 2.50. The molecule has 1 heterocycles. The van der Waals surface area contributed by atoms with Crippen molar-refractivity contribution in [1.82, 2.24) is 0 Å². The number of benzene rings is 1. The van der Waals surface area contributed by atoms with Gasteiger partial charge in [-0.2, -0.15) is 5.26 Å². The van der Waals surface area contributed by atoms with Crippen LogP contribution in [0.5, 0.6) is 0 Å². The van der Waals surface area contributed by atoms with E-state index >= 15 is 0 Å². The van der Waals surface area contributed by atoms with E-state index in [1.54, 1.807) is 0 Å². The highest BCUT2D eigenvalue weighted by Gasteiger charge is 2.41. The minimum atomic E-state index is -0.0274. The number of thioether (sulfide) groups is 1. The van der Waals surface area contributed by atoms with E-state index in [4.69, 9.17) is 0 Å². The minimum absolute atomic E-state index is 0.0274. The summed E-state index contributed by atoms with van der Waals surface area (Å²) in [6, 6.07) is 11.4. The molecule has 1 nitrogen and oxygen atoms in total. The van der Waals surface area contributed by atoms with Crippen LogP contribution in [0.4, 0.5) is 0 Å². The predicted molar refractivity (Wildman–Crippen MR) is 80.1 cm³/mol. The van der Waals surface area contributed by atoms with Crippen LogP contribution in [-0.2, 0) is 6.42 Å². The molecular formula is C17H21NS. The van der Waals surface area contributed by atoms with Crippen molar-refractivity contribution in [3.63, 3.8) is 0 Å². The third-order valence-electron chi connectivity index (χ3n) is 4.86. The van der Waals surface area contributed by atoms with Crippen molar-refractivity contribution >= 4 is 11.8 Å². The summed E-state index contributed by atoms with van der Waals surface area (Å²) in [6.07, 6.45) is 6.99. The van der Waals surface area contributed by atoms with Gasteiger partial charge in [0.05, 0.1) is 11.5 Å². The Labute approximate surface area is 120 Å². The smallest absolute Gasteiger partial charge is 0.0690 e. The zero-order valence-corrected chi connectivity index (χ0v) is 12.4. The number of fused-ring (bicyclic) bond motifs is 1. The fourth-order valence-corrected chi connectivity index (χ4v) is 5.21. The first-order valence-electron chi connectivity index (χ1n) is 7.40. The van der Waals surface area contributed by atoms with Gasteiger partial charge in [-0.05, 0) is 49.7 Å². The topological polar surface area (TPSA) is 23.8 Å². The van der Waals surface area contributed by atoms with Crippen molar-refractivity contribution < 1.29 is 0 Å². The predicted octanol–water partition coefficient (Wildman–Crippen LogP) is 4.81. The van der Waals surface area contributed by atoms with Crippen LogP contribution in [0, 0.1) is 22.7 Å². The maximum atomic E-state index is 9.65. The summed E-state index contributed by atoms with van der Waals surface area (Å²) in [5.74, 6) is 0.786. The lowest BCUT2D eigenvalue weighted by Gasteiger charge is -2.24. The first kappa shape index (κ1) is 13.1. The van der Waals surface area contributed by atoms with Gasteiger partial charge in [0.15, 0.2) is 0 Å². The molecule has 0 saturated heterocycles. The molecule has 2 heteroatoms. The Kier molecular flexibility index (Phi) is 3.58. The molecule has 1 aliphatic heterocycles. The first-order chi connectivity index (χ1) is 9.24. The lowest BCUT2D eigenvalue weighted by molar-refractivity contribution is 0.351. The summed E-state index contributed by atoms with van der Waals surface area (Å²) in [6.45, 7) is 2.26. The average Bonchev–Trinajstić information content (AvgIpc) is 3.02. The van der Waals surface area contributed by atoms with E-state index in [0.717, 1.165) is 31.6 Å². The van der Waals surface area contributed by atoms with Crippen molar-refractivity contribution in [3.05, 3.63) is 29.8 Å². The molecular weight excluding hydrogens is 250 g/mol. The van der Waals surface area contributed by atoms with Gasteiger partial charge in [0, 0.05) is 10.1 Å². The maximum absolute atomic E-state index is 9.65. The summed E-state index contributed by atoms with van der Waals surface area (Å²) >= 11 is 1.99. The number of hydrogen-bond acceptors (Lipinski definition) is 2. The van der Waals surface area contributed by atoms with Crippen LogP contribution in [0.15, 0.2) is 29.2 Å². The van der Waals surface area contributed by atoms with E-state index in [1.807, 2.05) is 11.8 Å². The Morgan fingerprint density at radius 1 is 1.42 bits per heavy atom. The van der Waals surface area contributed by atoms with Crippen molar-refractivity contribution in [2.75, 3.05) is 0 Å². The Balaban J connectivity index is 1.68. The Bertz CT molecular complexity index is 479. The molecule has 1 aliphatic carbocycles. The van der Waals surface area contributed by atoms with Crippen molar-refractivity contribution in [2.45, 2.75) is 55.6 Å². The monoisotopic (exact) mass is 271 g/mol. The number of hydrogen-bond donors (Lipinski definition) is 0. The Hall–Kier alpha value is -0.940. The molecule has 1 saturated carbocycles. The van der Waals surface area contributed by atoms with Gasteiger partial charge in [-0.15, -0.1) is 11.8 Å². The molecule has 0 bridgehead atoms. The van der Waals surface area contributed by atoms with E-state index in [-0.39, 0.29) is 5.41 Å². The number of nitrogens with zero attached hydrogens (tertiary/aromatic N) is 1. The zero-order valence-electron chi connectivity index (χ0n) is 11.6. The first-order valence-corrected chi connectivity index (χ1v) is 8.28. The summed E-state index contributed by atoms with van der Waals surface area (Å²) in [5, 5.41) is 10.3. The zero-order chi connectivity index (χ0) is 13.3. The van der Waals surface area contributed by atoms with Gasteiger partial charge >= 0.3 is 0 Å². The molecule has 0 spiro atoms. The highest BCUT2D eigenvalue weighted by atomic mass is 32.2. The van der Waals surface area contributed by atoms with E-state index in [2.05, 4.69) is 37.3 Å². The van der Waals surface area contributed by atoms with Gasteiger partial charge in [0.2, 0.25) is 0 Å². The summed E-state index contributed by atoms with van der Waals surface area (Å²) in [7, 11) is 0. The fourth-order valence-electron chi connectivity index (χ4n) is 3.72. The highest BCUT2D eigenvalue weighted by molar-refractivity contribution is 8.00. The largest absolute Gasteiger partial charge is 0.198 e. The molecule has 0 radical (unpaired) electrons. The second kappa shape index (κ2) is 5.21. The van der Waals surface area contributed by atoms with Gasteiger partial charge in [-0.1, -0.05) is 31.5 Å². The van der Waals surface area contributed by atoms with Gasteiger partial charge in [-0.3, -0.25) is 0 Å². The van der Waals surface area contributed by atoms with Crippen LogP contribution in [0.25, 0.3) is 0 Å². The molecule has 3 unspecified atom stereocenters. The average molecular weight is 271 g/mol. The van der Waals surface area contributed by atoms with Crippen molar-refractivity contribution in [1.29, 1.82) is 5.26 Å². The molecule has 1 aromatic carbocycles. The molecule has 0 N–H and O–H groups in total. The Morgan fingerprint density at radius 3 is 2.95 bits per heavy atom. The number of nitriles is 1. The lowest BCUT2D eigenvalue weighted by Crippen LogP contribution is -2.21. The van der Waals surface area contributed by atoms with Crippen LogP contribution in [0.1, 0.15) is 44.6 Å². The van der Waals surface area contributed by atoms with Crippen LogP contribution < -0.4 is 0 Å². The molecule has 0 aromatic heterocycles. The fraction of sp³-hybridized carbons (Fsp3) is 0.588. The van der Waals surface area contributed by atoms with E-state index in [1.165, 1.54) is 23.3 Å². The van der Waals surface area contributed by atoms with Crippen LogP contribution in [0.2, 0.25) is 0 Å². The molecule has 1 fully saturated rings. The van der Waals surface area contributed by atoms with Gasteiger partial charge in [-0.25, -0.2) is 0 Å². The summed E-state index contributed by atoms with van der Waals surface area (Å²) in [4.78, 5) is 1.44. The number of rotatable bonds is 3.